The number of fused-ring (bicyclic) bond motifs is 9. The van der Waals surface area contributed by atoms with E-state index in [1.807, 2.05) is 12.1 Å². The van der Waals surface area contributed by atoms with Gasteiger partial charge in [0.25, 0.3) is 0 Å². The van der Waals surface area contributed by atoms with E-state index >= 15 is 0 Å². The van der Waals surface area contributed by atoms with Gasteiger partial charge in [-0.25, -0.2) is 0 Å². The van der Waals surface area contributed by atoms with E-state index in [2.05, 4.69) is 146 Å². The zero-order valence-electron chi connectivity index (χ0n) is 24.3. The Morgan fingerprint density at radius 2 is 1.00 bits per heavy atom. The van der Waals surface area contributed by atoms with Crippen LogP contribution in [0.3, 0.4) is 0 Å². The maximum atomic E-state index is 6.73. The third-order valence-electron chi connectivity index (χ3n) is 9.76. The maximum absolute atomic E-state index is 6.73. The van der Waals surface area contributed by atoms with Crippen molar-refractivity contribution in [2.24, 2.45) is 0 Å². The minimum atomic E-state index is -0.460. The van der Waals surface area contributed by atoms with Crippen molar-refractivity contribution < 1.29 is 8.83 Å². The van der Waals surface area contributed by atoms with Crippen LogP contribution in [0.5, 0.6) is 0 Å². The molecule has 0 fully saturated rings. The van der Waals surface area contributed by atoms with Crippen LogP contribution in [0.25, 0.3) is 66.1 Å². The SMILES string of the molecule is c1ccc(C2(c3ccccc3)c3ccccc3-c3cc4c(cc32)oc2cccc(-c3ccc5oc6ccccc6c5c3)c24)cc1. The van der Waals surface area contributed by atoms with Gasteiger partial charge in [0.1, 0.15) is 22.3 Å². The molecule has 9 aromatic rings. The topological polar surface area (TPSA) is 26.3 Å². The number of para-hydroxylation sites is 1. The molecule has 1 aliphatic rings. The Kier molecular flexibility index (Phi) is 4.95. The first-order chi connectivity index (χ1) is 22.3. The lowest BCUT2D eigenvalue weighted by Gasteiger charge is -2.33. The minimum absolute atomic E-state index is 0.460. The molecule has 0 saturated carbocycles. The van der Waals surface area contributed by atoms with E-state index in [0.29, 0.717) is 0 Å². The standard InChI is InChI=1S/C43H26O2/c1-3-12-28(13-4-1)43(29-14-5-2-6-15-29)36-19-9-7-16-31(36)33-25-35-41(26-37(33)43)45-40-21-11-18-30(42(35)40)27-22-23-39-34(24-27)32-17-8-10-20-38(32)44-39/h1-26H. The third-order valence-corrected chi connectivity index (χ3v) is 9.76. The molecule has 0 aliphatic heterocycles. The lowest BCUT2D eigenvalue weighted by atomic mass is 9.67. The van der Waals surface area contributed by atoms with Gasteiger partial charge in [-0.05, 0) is 80.9 Å². The summed E-state index contributed by atoms with van der Waals surface area (Å²) in [5, 5.41) is 4.52. The van der Waals surface area contributed by atoms with E-state index < -0.39 is 5.41 Å². The van der Waals surface area contributed by atoms with Crippen LogP contribution in [0.1, 0.15) is 22.3 Å². The van der Waals surface area contributed by atoms with Gasteiger partial charge in [0.05, 0.1) is 5.41 Å². The van der Waals surface area contributed by atoms with E-state index in [4.69, 9.17) is 8.83 Å². The summed E-state index contributed by atoms with van der Waals surface area (Å²) in [4.78, 5) is 0. The monoisotopic (exact) mass is 574 g/mol. The van der Waals surface area contributed by atoms with Gasteiger partial charge in [0.2, 0.25) is 0 Å². The first kappa shape index (κ1) is 24.6. The Balaban J connectivity index is 1.28. The van der Waals surface area contributed by atoms with E-state index in [1.165, 1.54) is 33.4 Å². The normalized spacial score (nSPS) is 13.5. The van der Waals surface area contributed by atoms with E-state index in [9.17, 15) is 0 Å². The maximum Gasteiger partial charge on any atom is 0.136 e. The van der Waals surface area contributed by atoms with Crippen molar-refractivity contribution >= 4 is 43.9 Å². The van der Waals surface area contributed by atoms with Crippen LogP contribution in [-0.2, 0) is 5.41 Å². The fraction of sp³-hybridized carbons (Fsp3) is 0.0233. The molecule has 0 atom stereocenters. The van der Waals surface area contributed by atoms with Crippen LogP contribution >= 0.6 is 0 Å². The van der Waals surface area contributed by atoms with Crippen molar-refractivity contribution in [2.45, 2.75) is 5.41 Å². The van der Waals surface area contributed by atoms with Crippen LogP contribution in [-0.4, -0.2) is 0 Å². The third kappa shape index (κ3) is 3.29. The van der Waals surface area contributed by atoms with Crippen molar-refractivity contribution in [3.63, 3.8) is 0 Å². The lowest BCUT2D eigenvalue weighted by molar-refractivity contribution is 0.666. The molecule has 0 N–H and O–H groups in total. The number of benzene rings is 7. The highest BCUT2D eigenvalue weighted by molar-refractivity contribution is 6.15. The van der Waals surface area contributed by atoms with Gasteiger partial charge in [-0.15, -0.1) is 0 Å². The number of furan rings is 2. The summed E-state index contributed by atoms with van der Waals surface area (Å²) in [6.07, 6.45) is 0. The smallest absolute Gasteiger partial charge is 0.136 e. The lowest BCUT2D eigenvalue weighted by Crippen LogP contribution is -2.28. The largest absolute Gasteiger partial charge is 0.456 e. The molecule has 10 rings (SSSR count). The van der Waals surface area contributed by atoms with E-state index in [0.717, 1.165) is 55.0 Å². The molecule has 2 nitrogen and oxygen atoms in total. The molecule has 0 radical (unpaired) electrons. The summed E-state index contributed by atoms with van der Waals surface area (Å²) in [5.74, 6) is 0. The van der Waals surface area contributed by atoms with Crippen LogP contribution in [0.4, 0.5) is 0 Å². The Bertz CT molecular complexity index is 2550. The summed E-state index contributed by atoms with van der Waals surface area (Å²) >= 11 is 0. The van der Waals surface area contributed by atoms with Crippen LogP contribution in [0, 0.1) is 0 Å². The second-order valence-corrected chi connectivity index (χ2v) is 12.0. The van der Waals surface area contributed by atoms with E-state index in [1.54, 1.807) is 0 Å². The molecule has 2 aromatic heterocycles. The fourth-order valence-corrected chi connectivity index (χ4v) is 7.89. The highest BCUT2D eigenvalue weighted by Gasteiger charge is 2.46. The number of hydrogen-bond acceptors (Lipinski definition) is 2. The van der Waals surface area contributed by atoms with Crippen LogP contribution in [0.15, 0.2) is 167 Å². The van der Waals surface area contributed by atoms with Crippen molar-refractivity contribution in [3.05, 3.63) is 180 Å². The molecular weight excluding hydrogens is 548 g/mol. The minimum Gasteiger partial charge on any atom is -0.456 e. The first-order valence-electron chi connectivity index (χ1n) is 15.4. The van der Waals surface area contributed by atoms with Gasteiger partial charge in [0.15, 0.2) is 0 Å². The first-order valence-corrected chi connectivity index (χ1v) is 15.4. The Labute approximate surface area is 259 Å². The molecule has 0 amide bonds. The van der Waals surface area contributed by atoms with Gasteiger partial charge >= 0.3 is 0 Å². The van der Waals surface area contributed by atoms with Crippen molar-refractivity contribution in [2.75, 3.05) is 0 Å². The summed E-state index contributed by atoms with van der Waals surface area (Å²) in [7, 11) is 0. The predicted octanol–water partition coefficient (Wildman–Crippen LogP) is 11.5. The highest BCUT2D eigenvalue weighted by Crippen LogP contribution is 2.57. The molecule has 0 spiro atoms. The second-order valence-electron chi connectivity index (χ2n) is 12.0. The number of hydrogen-bond donors (Lipinski definition) is 0. The molecule has 0 unspecified atom stereocenters. The second kappa shape index (κ2) is 9.07. The predicted molar refractivity (Wildman–Crippen MR) is 184 cm³/mol. The summed E-state index contributed by atoms with van der Waals surface area (Å²) in [6, 6.07) is 56.5. The average Bonchev–Trinajstić information content (AvgIpc) is 3.76. The molecule has 1 aliphatic carbocycles. The van der Waals surface area contributed by atoms with Crippen LogP contribution in [0.2, 0.25) is 0 Å². The quantitative estimate of drug-likeness (QED) is 0.210. The van der Waals surface area contributed by atoms with Gasteiger partial charge in [0, 0.05) is 21.5 Å². The van der Waals surface area contributed by atoms with Gasteiger partial charge < -0.3 is 8.83 Å². The zero-order valence-corrected chi connectivity index (χ0v) is 24.3. The van der Waals surface area contributed by atoms with Crippen molar-refractivity contribution in [3.8, 4) is 22.3 Å². The average molecular weight is 575 g/mol. The molecule has 0 saturated heterocycles. The Hall–Kier alpha value is -5.86. The molecule has 7 aromatic carbocycles. The molecule has 45 heavy (non-hydrogen) atoms. The van der Waals surface area contributed by atoms with E-state index in [-0.39, 0.29) is 0 Å². The molecule has 2 heterocycles. The van der Waals surface area contributed by atoms with Crippen molar-refractivity contribution in [1.82, 2.24) is 0 Å². The Morgan fingerprint density at radius 1 is 0.356 bits per heavy atom. The molecule has 0 bridgehead atoms. The van der Waals surface area contributed by atoms with Gasteiger partial charge in [-0.3, -0.25) is 0 Å². The summed E-state index contributed by atoms with van der Waals surface area (Å²) < 4.78 is 12.9. The van der Waals surface area contributed by atoms with Gasteiger partial charge in [-0.1, -0.05) is 121 Å². The van der Waals surface area contributed by atoms with Gasteiger partial charge in [-0.2, -0.15) is 0 Å². The van der Waals surface area contributed by atoms with Crippen molar-refractivity contribution in [1.29, 1.82) is 0 Å². The fourth-order valence-electron chi connectivity index (χ4n) is 7.89. The molecular formula is C43H26O2. The highest BCUT2D eigenvalue weighted by atomic mass is 16.3. The van der Waals surface area contributed by atoms with Crippen LogP contribution < -0.4 is 0 Å². The zero-order chi connectivity index (χ0) is 29.5. The number of rotatable bonds is 3. The molecule has 2 heteroatoms. The molecule has 210 valence electrons. The Morgan fingerprint density at radius 3 is 1.82 bits per heavy atom. The summed E-state index contributed by atoms with van der Waals surface area (Å²) in [5.41, 5.74) is 13.0. The summed E-state index contributed by atoms with van der Waals surface area (Å²) in [6.45, 7) is 0.